The van der Waals surface area contributed by atoms with Crippen LogP contribution in [0.5, 0.6) is 0 Å². The third-order valence-corrected chi connectivity index (χ3v) is 4.91. The summed E-state index contributed by atoms with van der Waals surface area (Å²) in [4.78, 5) is 24.6. The van der Waals surface area contributed by atoms with Gasteiger partial charge in [0.2, 0.25) is 0 Å². The van der Waals surface area contributed by atoms with Gasteiger partial charge in [-0.1, -0.05) is 6.42 Å². The summed E-state index contributed by atoms with van der Waals surface area (Å²) in [6.45, 7) is 4.41. The van der Waals surface area contributed by atoms with E-state index < -0.39 is 5.97 Å². The van der Waals surface area contributed by atoms with E-state index in [0.29, 0.717) is 18.2 Å². The van der Waals surface area contributed by atoms with Gasteiger partial charge in [-0.2, -0.15) is 11.8 Å². The van der Waals surface area contributed by atoms with E-state index in [4.69, 9.17) is 5.11 Å². The number of aliphatic carboxylic acids is 1. The molecule has 1 fully saturated rings. The second-order valence-electron chi connectivity index (χ2n) is 5.55. The van der Waals surface area contributed by atoms with Crippen molar-refractivity contribution >= 4 is 23.8 Å². The Morgan fingerprint density at radius 2 is 2.10 bits per heavy atom. The van der Waals surface area contributed by atoms with Crippen LogP contribution in [0.2, 0.25) is 0 Å². The van der Waals surface area contributed by atoms with E-state index in [1.54, 1.807) is 4.90 Å². The Labute approximate surface area is 125 Å². The van der Waals surface area contributed by atoms with Crippen LogP contribution in [0.1, 0.15) is 46.0 Å². The van der Waals surface area contributed by atoms with Gasteiger partial charge in [0.25, 0.3) is 0 Å². The van der Waals surface area contributed by atoms with Crippen molar-refractivity contribution in [2.24, 2.45) is 0 Å². The van der Waals surface area contributed by atoms with Crippen molar-refractivity contribution in [3.8, 4) is 0 Å². The van der Waals surface area contributed by atoms with Gasteiger partial charge in [-0.25, -0.2) is 4.79 Å². The lowest BCUT2D eigenvalue weighted by Gasteiger charge is -2.29. The number of carbonyl (C=O) groups excluding carboxylic acids is 1. The number of rotatable bonds is 7. The van der Waals surface area contributed by atoms with Crippen molar-refractivity contribution in [2.45, 2.75) is 63.3 Å². The number of carboxylic acid groups (broad SMARTS) is 1. The third-order valence-electron chi connectivity index (χ3n) is 3.74. The fraction of sp³-hybridized carbons (Fsp3) is 0.857. The summed E-state index contributed by atoms with van der Waals surface area (Å²) < 4.78 is 0. The lowest BCUT2D eigenvalue weighted by molar-refractivity contribution is -0.137. The Bertz CT molecular complexity index is 336. The van der Waals surface area contributed by atoms with Gasteiger partial charge < -0.3 is 15.3 Å². The van der Waals surface area contributed by atoms with Crippen LogP contribution in [0.25, 0.3) is 0 Å². The molecule has 0 aromatic heterocycles. The monoisotopic (exact) mass is 302 g/mol. The van der Waals surface area contributed by atoms with E-state index >= 15 is 0 Å². The fourth-order valence-corrected chi connectivity index (χ4v) is 3.54. The number of thioether (sulfide) groups is 1. The minimum Gasteiger partial charge on any atom is -0.481 e. The van der Waals surface area contributed by atoms with Crippen LogP contribution < -0.4 is 5.32 Å². The molecular weight excluding hydrogens is 276 g/mol. The predicted molar refractivity (Wildman–Crippen MR) is 82.2 cm³/mol. The highest BCUT2D eigenvalue weighted by Crippen LogP contribution is 2.28. The van der Waals surface area contributed by atoms with Crippen LogP contribution in [0, 0.1) is 0 Å². The maximum absolute atomic E-state index is 12.3. The van der Waals surface area contributed by atoms with E-state index in [1.165, 1.54) is 0 Å². The van der Waals surface area contributed by atoms with Crippen LogP contribution in [0.15, 0.2) is 0 Å². The smallest absolute Gasteiger partial charge is 0.317 e. The zero-order valence-corrected chi connectivity index (χ0v) is 13.4. The van der Waals surface area contributed by atoms with Crippen molar-refractivity contribution in [1.29, 1.82) is 0 Å². The van der Waals surface area contributed by atoms with Crippen molar-refractivity contribution < 1.29 is 14.7 Å². The largest absolute Gasteiger partial charge is 0.481 e. The molecule has 0 aromatic carbocycles. The van der Waals surface area contributed by atoms with Crippen molar-refractivity contribution in [3.63, 3.8) is 0 Å². The molecule has 0 aliphatic heterocycles. The number of hydrogen-bond donors (Lipinski definition) is 2. The van der Waals surface area contributed by atoms with E-state index in [9.17, 15) is 9.59 Å². The zero-order chi connectivity index (χ0) is 15.1. The van der Waals surface area contributed by atoms with Crippen molar-refractivity contribution in [3.05, 3.63) is 0 Å². The second kappa shape index (κ2) is 8.39. The Hall–Kier alpha value is -0.910. The molecule has 2 atom stereocenters. The highest BCUT2D eigenvalue weighted by Gasteiger charge is 2.29. The normalized spacial score (nSPS) is 22.0. The molecule has 0 radical (unpaired) electrons. The molecule has 0 bridgehead atoms. The fourth-order valence-electron chi connectivity index (χ4n) is 2.61. The number of amides is 2. The van der Waals surface area contributed by atoms with Crippen LogP contribution in [0.4, 0.5) is 4.79 Å². The molecule has 0 spiro atoms. The first-order valence-electron chi connectivity index (χ1n) is 7.27. The highest BCUT2D eigenvalue weighted by molar-refractivity contribution is 7.99. The summed E-state index contributed by atoms with van der Waals surface area (Å²) in [6.07, 6.45) is 6.05. The molecular formula is C14H26N2O3S. The van der Waals surface area contributed by atoms with Gasteiger partial charge in [0.1, 0.15) is 0 Å². The first-order valence-corrected chi connectivity index (χ1v) is 8.56. The van der Waals surface area contributed by atoms with E-state index in [2.05, 4.69) is 11.6 Å². The maximum Gasteiger partial charge on any atom is 0.317 e. The molecule has 1 saturated carbocycles. The minimum absolute atomic E-state index is 0.0589. The summed E-state index contributed by atoms with van der Waals surface area (Å²) in [6, 6.07) is 0.271. The molecule has 2 N–H and O–H groups in total. The molecule has 1 aliphatic rings. The standard InChI is InChI=1S/C14H26N2O3S/c1-10(2)16(9-5-8-13(17)18)14(19)15-11-6-4-7-12(11)20-3/h10-12H,4-9H2,1-3H3,(H,15,19)(H,17,18). The first-order chi connectivity index (χ1) is 9.45. The van der Waals surface area contributed by atoms with Crippen molar-refractivity contribution in [1.82, 2.24) is 10.2 Å². The molecule has 1 rings (SSSR count). The van der Waals surface area contributed by atoms with Crippen LogP contribution >= 0.6 is 11.8 Å². The Kier molecular flexibility index (Phi) is 7.19. The third kappa shape index (κ3) is 5.23. The lowest BCUT2D eigenvalue weighted by atomic mass is 10.2. The molecule has 0 heterocycles. The molecule has 2 amide bonds. The van der Waals surface area contributed by atoms with E-state index in [1.807, 2.05) is 25.6 Å². The van der Waals surface area contributed by atoms with Gasteiger partial charge >= 0.3 is 12.0 Å². The van der Waals surface area contributed by atoms with Crippen LogP contribution in [0.3, 0.4) is 0 Å². The van der Waals surface area contributed by atoms with Gasteiger partial charge in [0, 0.05) is 30.3 Å². The average molecular weight is 302 g/mol. The van der Waals surface area contributed by atoms with Gasteiger partial charge in [-0.15, -0.1) is 0 Å². The van der Waals surface area contributed by atoms with E-state index in [0.717, 1.165) is 19.3 Å². The molecule has 6 heteroatoms. The number of carboxylic acids is 1. The highest BCUT2D eigenvalue weighted by atomic mass is 32.2. The van der Waals surface area contributed by atoms with E-state index in [-0.39, 0.29) is 24.5 Å². The van der Waals surface area contributed by atoms with Gasteiger partial charge in [0.15, 0.2) is 0 Å². The number of nitrogens with one attached hydrogen (secondary N) is 1. The minimum atomic E-state index is -0.813. The Balaban J connectivity index is 2.49. The number of urea groups is 1. The molecule has 0 saturated heterocycles. The number of carbonyl (C=O) groups is 2. The molecule has 116 valence electrons. The van der Waals surface area contributed by atoms with Crippen LogP contribution in [-0.2, 0) is 4.79 Å². The number of nitrogens with zero attached hydrogens (tertiary/aromatic N) is 1. The maximum atomic E-state index is 12.3. The zero-order valence-electron chi connectivity index (χ0n) is 12.6. The quantitative estimate of drug-likeness (QED) is 0.758. The molecule has 2 unspecified atom stereocenters. The Morgan fingerprint density at radius 3 is 2.65 bits per heavy atom. The van der Waals surface area contributed by atoms with Gasteiger partial charge in [-0.3, -0.25) is 4.79 Å². The topological polar surface area (TPSA) is 69.6 Å². The SMILES string of the molecule is CSC1CCCC1NC(=O)N(CCCC(=O)O)C(C)C. The average Bonchev–Trinajstić information content (AvgIpc) is 2.80. The molecule has 5 nitrogen and oxygen atoms in total. The second-order valence-corrected chi connectivity index (χ2v) is 6.62. The summed E-state index contributed by atoms with van der Waals surface area (Å²) >= 11 is 1.81. The molecule has 1 aliphatic carbocycles. The molecule has 0 aromatic rings. The summed E-state index contributed by atoms with van der Waals surface area (Å²) in [5.41, 5.74) is 0. The number of hydrogen-bond acceptors (Lipinski definition) is 3. The summed E-state index contributed by atoms with van der Waals surface area (Å²) in [7, 11) is 0. The predicted octanol–water partition coefficient (Wildman–Crippen LogP) is 2.56. The van der Waals surface area contributed by atoms with Gasteiger partial charge in [-0.05, 0) is 39.4 Å². The van der Waals surface area contributed by atoms with Crippen molar-refractivity contribution in [2.75, 3.05) is 12.8 Å². The van der Waals surface area contributed by atoms with Gasteiger partial charge in [0.05, 0.1) is 0 Å². The first kappa shape index (κ1) is 17.1. The summed E-state index contributed by atoms with van der Waals surface area (Å²) in [5, 5.41) is 12.3. The Morgan fingerprint density at radius 1 is 1.40 bits per heavy atom. The van der Waals surface area contributed by atoms with Crippen LogP contribution in [-0.4, -0.2) is 52.1 Å². The molecule has 20 heavy (non-hydrogen) atoms. The summed E-state index contributed by atoms with van der Waals surface area (Å²) in [5.74, 6) is -0.813. The lowest BCUT2D eigenvalue weighted by Crippen LogP contribution is -2.49.